The van der Waals surface area contributed by atoms with Gasteiger partial charge in [-0.2, -0.15) is 0 Å². The lowest BCUT2D eigenvalue weighted by molar-refractivity contribution is 0.319. The molecule has 2 nitrogen and oxygen atoms in total. The highest BCUT2D eigenvalue weighted by molar-refractivity contribution is 9.10. The summed E-state index contributed by atoms with van der Waals surface area (Å²) >= 11 is 9.66. The molecule has 0 spiro atoms. The molecule has 0 radical (unpaired) electrons. The number of halogens is 2. The molecule has 0 amide bonds. The number of rotatable bonds is 4. The van der Waals surface area contributed by atoms with Crippen LogP contribution >= 0.6 is 27.5 Å². The molecule has 0 bridgehead atoms. The van der Waals surface area contributed by atoms with E-state index in [0.29, 0.717) is 0 Å². The second kappa shape index (κ2) is 6.42. The average molecular weight is 340 g/mol. The summed E-state index contributed by atoms with van der Waals surface area (Å²) in [6.45, 7) is 1.64. The fraction of sp³-hybridized carbons (Fsp3) is 0.200. The first-order valence-corrected chi connectivity index (χ1v) is 7.18. The standard InChI is InChI=1S/C15H16BrClN2/c1-19(9-11-3-2-4-13(16)7-11)10-12-8-14(18)5-6-15(12)17/h2-8H,9-10,18H2,1H3. The molecule has 0 saturated heterocycles. The van der Waals surface area contributed by atoms with Gasteiger partial charge in [0.1, 0.15) is 0 Å². The van der Waals surface area contributed by atoms with Crippen LogP contribution in [0.1, 0.15) is 11.1 Å². The Morgan fingerprint density at radius 1 is 1.16 bits per heavy atom. The van der Waals surface area contributed by atoms with Crippen molar-refractivity contribution >= 4 is 33.2 Å². The van der Waals surface area contributed by atoms with E-state index >= 15 is 0 Å². The number of nitrogens with zero attached hydrogens (tertiary/aromatic N) is 1. The van der Waals surface area contributed by atoms with Gasteiger partial charge in [0.25, 0.3) is 0 Å². The second-order valence-electron chi connectivity index (χ2n) is 4.65. The fourth-order valence-electron chi connectivity index (χ4n) is 2.01. The van der Waals surface area contributed by atoms with Gasteiger partial charge in [-0.3, -0.25) is 4.90 Å². The molecule has 2 N–H and O–H groups in total. The van der Waals surface area contributed by atoms with Gasteiger partial charge in [-0.1, -0.05) is 39.7 Å². The summed E-state index contributed by atoms with van der Waals surface area (Å²) in [6, 6.07) is 13.9. The van der Waals surface area contributed by atoms with Crippen molar-refractivity contribution in [2.24, 2.45) is 0 Å². The Balaban J connectivity index is 2.05. The van der Waals surface area contributed by atoms with Crippen LogP contribution in [0.25, 0.3) is 0 Å². The van der Waals surface area contributed by atoms with Crippen molar-refractivity contribution in [3.8, 4) is 0 Å². The summed E-state index contributed by atoms with van der Waals surface area (Å²) in [5.41, 5.74) is 8.85. The van der Waals surface area contributed by atoms with Crippen molar-refractivity contribution in [3.05, 3.63) is 63.1 Å². The second-order valence-corrected chi connectivity index (χ2v) is 5.98. The van der Waals surface area contributed by atoms with Gasteiger partial charge >= 0.3 is 0 Å². The summed E-state index contributed by atoms with van der Waals surface area (Å²) in [5, 5.41) is 0.760. The number of hydrogen-bond donors (Lipinski definition) is 1. The topological polar surface area (TPSA) is 29.3 Å². The van der Waals surface area contributed by atoms with E-state index in [1.807, 2.05) is 30.3 Å². The van der Waals surface area contributed by atoms with Crippen LogP contribution in [-0.2, 0) is 13.1 Å². The van der Waals surface area contributed by atoms with Gasteiger partial charge in [-0.25, -0.2) is 0 Å². The Labute approximate surface area is 127 Å². The largest absolute Gasteiger partial charge is 0.399 e. The van der Waals surface area contributed by atoms with Crippen molar-refractivity contribution in [1.82, 2.24) is 4.90 Å². The van der Waals surface area contributed by atoms with Crippen molar-refractivity contribution < 1.29 is 0 Å². The van der Waals surface area contributed by atoms with Crippen LogP contribution in [0.15, 0.2) is 46.9 Å². The van der Waals surface area contributed by atoms with Gasteiger partial charge in [-0.15, -0.1) is 0 Å². The molecule has 0 heterocycles. The van der Waals surface area contributed by atoms with Crippen LogP contribution in [0.5, 0.6) is 0 Å². The van der Waals surface area contributed by atoms with Gasteiger partial charge in [0, 0.05) is 28.3 Å². The van der Waals surface area contributed by atoms with Gasteiger partial charge in [0.2, 0.25) is 0 Å². The quantitative estimate of drug-likeness (QED) is 0.841. The van der Waals surface area contributed by atoms with Crippen molar-refractivity contribution in [1.29, 1.82) is 0 Å². The summed E-state index contributed by atoms with van der Waals surface area (Å²) < 4.78 is 1.10. The average Bonchev–Trinajstić information content (AvgIpc) is 2.34. The third kappa shape index (κ3) is 4.23. The van der Waals surface area contributed by atoms with E-state index < -0.39 is 0 Å². The van der Waals surface area contributed by atoms with Crippen LogP contribution in [-0.4, -0.2) is 11.9 Å². The minimum Gasteiger partial charge on any atom is -0.399 e. The molecule has 0 atom stereocenters. The molecule has 0 aliphatic rings. The summed E-state index contributed by atoms with van der Waals surface area (Å²) in [4.78, 5) is 2.21. The third-order valence-electron chi connectivity index (χ3n) is 2.85. The molecular formula is C15H16BrClN2. The number of nitrogen functional groups attached to an aromatic ring is 1. The Morgan fingerprint density at radius 3 is 2.68 bits per heavy atom. The van der Waals surface area contributed by atoms with Crippen LogP contribution in [0.4, 0.5) is 5.69 Å². The molecule has 0 aliphatic heterocycles. The molecule has 100 valence electrons. The summed E-state index contributed by atoms with van der Waals surface area (Å²) in [6.07, 6.45) is 0. The van der Waals surface area contributed by atoms with E-state index in [4.69, 9.17) is 17.3 Å². The summed E-state index contributed by atoms with van der Waals surface area (Å²) in [7, 11) is 2.07. The molecule has 19 heavy (non-hydrogen) atoms. The molecule has 0 aromatic heterocycles. The predicted octanol–water partition coefficient (Wildman–Crippen LogP) is 4.32. The van der Waals surface area contributed by atoms with Crippen LogP contribution in [0.3, 0.4) is 0 Å². The zero-order valence-electron chi connectivity index (χ0n) is 10.7. The molecule has 0 aliphatic carbocycles. The lowest BCUT2D eigenvalue weighted by Gasteiger charge is -2.18. The monoisotopic (exact) mass is 338 g/mol. The van der Waals surface area contributed by atoms with Crippen LogP contribution < -0.4 is 5.73 Å². The first-order chi connectivity index (χ1) is 9.04. The minimum atomic E-state index is 0.746. The van der Waals surface area contributed by atoms with Crippen molar-refractivity contribution in [2.75, 3.05) is 12.8 Å². The molecule has 0 unspecified atom stereocenters. The molecule has 2 rings (SSSR count). The van der Waals surface area contributed by atoms with E-state index in [9.17, 15) is 0 Å². The fourth-order valence-corrected chi connectivity index (χ4v) is 2.63. The van der Waals surface area contributed by atoms with Gasteiger partial charge in [-0.05, 0) is 48.5 Å². The van der Waals surface area contributed by atoms with Crippen LogP contribution in [0, 0.1) is 0 Å². The molecular weight excluding hydrogens is 324 g/mol. The van der Waals surface area contributed by atoms with Gasteiger partial charge in [0.15, 0.2) is 0 Å². The molecule has 2 aromatic rings. The van der Waals surface area contributed by atoms with Crippen molar-refractivity contribution in [3.63, 3.8) is 0 Å². The highest BCUT2D eigenvalue weighted by atomic mass is 79.9. The zero-order chi connectivity index (χ0) is 13.8. The van der Waals surface area contributed by atoms with Gasteiger partial charge in [0.05, 0.1) is 0 Å². The Hall–Kier alpha value is -1.03. The van der Waals surface area contributed by atoms with E-state index in [1.54, 1.807) is 0 Å². The first-order valence-electron chi connectivity index (χ1n) is 6.01. The normalized spacial score (nSPS) is 10.9. The van der Waals surface area contributed by atoms with Crippen molar-refractivity contribution in [2.45, 2.75) is 13.1 Å². The Morgan fingerprint density at radius 2 is 1.95 bits per heavy atom. The molecule has 0 fully saturated rings. The minimum absolute atomic E-state index is 0.746. The van der Waals surface area contributed by atoms with Gasteiger partial charge < -0.3 is 5.73 Å². The third-order valence-corrected chi connectivity index (χ3v) is 3.71. The van der Waals surface area contributed by atoms with Crippen LogP contribution in [0.2, 0.25) is 5.02 Å². The smallest absolute Gasteiger partial charge is 0.0452 e. The maximum atomic E-state index is 6.18. The zero-order valence-corrected chi connectivity index (χ0v) is 13.1. The highest BCUT2D eigenvalue weighted by Gasteiger charge is 2.06. The predicted molar refractivity (Wildman–Crippen MR) is 85.2 cm³/mol. The molecule has 0 saturated carbocycles. The SMILES string of the molecule is CN(Cc1cccc(Br)c1)Cc1cc(N)ccc1Cl. The first kappa shape index (κ1) is 14.4. The maximum Gasteiger partial charge on any atom is 0.0452 e. The Kier molecular flexibility index (Phi) is 4.86. The molecule has 2 aromatic carbocycles. The maximum absolute atomic E-state index is 6.18. The van der Waals surface area contributed by atoms with E-state index in [2.05, 4.69) is 40.0 Å². The number of benzene rings is 2. The lowest BCUT2D eigenvalue weighted by Crippen LogP contribution is -2.17. The number of hydrogen-bond acceptors (Lipinski definition) is 2. The lowest BCUT2D eigenvalue weighted by atomic mass is 10.1. The summed E-state index contributed by atoms with van der Waals surface area (Å²) in [5.74, 6) is 0. The number of nitrogens with two attached hydrogens (primary N) is 1. The van der Waals surface area contributed by atoms with E-state index in [1.165, 1.54) is 5.56 Å². The molecule has 4 heteroatoms. The van der Waals surface area contributed by atoms with E-state index in [-0.39, 0.29) is 0 Å². The number of anilines is 1. The Bertz CT molecular complexity index is 572. The highest BCUT2D eigenvalue weighted by Crippen LogP contribution is 2.21. The van der Waals surface area contributed by atoms with E-state index in [0.717, 1.165) is 33.8 Å².